The van der Waals surface area contributed by atoms with E-state index in [1.54, 1.807) is 7.11 Å². The molecule has 0 radical (unpaired) electrons. The van der Waals surface area contributed by atoms with Crippen LogP contribution in [0, 0.1) is 0 Å². The molecule has 25 heavy (non-hydrogen) atoms. The number of nitrogens with one attached hydrogen (secondary N) is 1. The molecule has 0 aromatic heterocycles. The van der Waals surface area contributed by atoms with Crippen molar-refractivity contribution in [2.24, 2.45) is 0 Å². The van der Waals surface area contributed by atoms with Gasteiger partial charge in [-0.3, -0.25) is 4.79 Å². The van der Waals surface area contributed by atoms with Crippen molar-refractivity contribution in [1.29, 1.82) is 0 Å². The van der Waals surface area contributed by atoms with Gasteiger partial charge < -0.3 is 15.0 Å². The molecule has 1 aliphatic heterocycles. The maximum absolute atomic E-state index is 13.2. The van der Waals surface area contributed by atoms with Gasteiger partial charge in [0.05, 0.1) is 19.1 Å². The highest BCUT2D eigenvalue weighted by Gasteiger charge is 2.31. The highest BCUT2D eigenvalue weighted by Crippen LogP contribution is 2.29. The van der Waals surface area contributed by atoms with Gasteiger partial charge in [-0.15, -0.1) is 0 Å². The number of amides is 1. The van der Waals surface area contributed by atoms with E-state index in [1.165, 1.54) is 0 Å². The third kappa shape index (κ3) is 3.97. The van der Waals surface area contributed by atoms with Crippen molar-refractivity contribution in [1.82, 2.24) is 10.2 Å². The van der Waals surface area contributed by atoms with Crippen LogP contribution in [0.15, 0.2) is 48.5 Å². The number of nitrogens with zero attached hydrogens (tertiary/aromatic N) is 1. The van der Waals surface area contributed by atoms with Crippen molar-refractivity contribution in [3.63, 3.8) is 0 Å². The summed E-state index contributed by atoms with van der Waals surface area (Å²) < 4.78 is 5.28. The third-order valence-corrected chi connectivity index (χ3v) is 4.96. The summed E-state index contributed by atoms with van der Waals surface area (Å²) in [6.07, 6.45) is 0. The fourth-order valence-corrected chi connectivity index (χ4v) is 3.48. The molecule has 0 aliphatic carbocycles. The monoisotopic (exact) mass is 358 g/mol. The van der Waals surface area contributed by atoms with Crippen molar-refractivity contribution >= 4 is 17.5 Å². The maximum Gasteiger partial charge on any atom is 0.230 e. The van der Waals surface area contributed by atoms with E-state index in [2.05, 4.69) is 5.32 Å². The Bertz CT molecular complexity index is 750. The summed E-state index contributed by atoms with van der Waals surface area (Å²) in [7, 11) is 1.64. The first-order chi connectivity index (χ1) is 12.1. The zero-order valence-corrected chi connectivity index (χ0v) is 15.3. The first kappa shape index (κ1) is 17.8. The molecule has 2 aromatic rings. The number of piperazine rings is 1. The summed E-state index contributed by atoms with van der Waals surface area (Å²) in [5, 5.41) is 4.07. The number of benzene rings is 2. The van der Waals surface area contributed by atoms with E-state index in [4.69, 9.17) is 16.3 Å². The third-order valence-electron chi connectivity index (χ3n) is 4.72. The van der Waals surface area contributed by atoms with Gasteiger partial charge in [0.25, 0.3) is 0 Å². The number of halogens is 1. The first-order valence-corrected chi connectivity index (χ1v) is 8.88. The number of hydrogen-bond donors (Lipinski definition) is 1. The number of carbonyl (C=O) groups excluding carboxylic acids is 1. The van der Waals surface area contributed by atoms with E-state index in [0.717, 1.165) is 30.0 Å². The van der Waals surface area contributed by atoms with E-state index >= 15 is 0 Å². The zero-order valence-electron chi connectivity index (χ0n) is 14.5. The molecule has 4 nitrogen and oxygen atoms in total. The molecule has 1 heterocycles. The molecule has 0 bridgehead atoms. The van der Waals surface area contributed by atoms with E-state index < -0.39 is 0 Å². The van der Waals surface area contributed by atoms with Crippen LogP contribution in [0.1, 0.15) is 30.0 Å². The molecule has 1 fully saturated rings. The molecule has 1 N–H and O–H groups in total. The van der Waals surface area contributed by atoms with E-state index in [1.807, 2.05) is 60.4 Å². The molecule has 5 heteroatoms. The van der Waals surface area contributed by atoms with Crippen LogP contribution in [0.2, 0.25) is 5.02 Å². The predicted molar refractivity (Wildman–Crippen MR) is 100 cm³/mol. The van der Waals surface area contributed by atoms with Crippen LogP contribution in [0.5, 0.6) is 5.75 Å². The first-order valence-electron chi connectivity index (χ1n) is 8.50. The Hall–Kier alpha value is -2.04. The minimum Gasteiger partial charge on any atom is -0.497 e. The molecule has 1 aliphatic rings. The van der Waals surface area contributed by atoms with Gasteiger partial charge in [-0.2, -0.15) is 0 Å². The smallest absolute Gasteiger partial charge is 0.230 e. The quantitative estimate of drug-likeness (QED) is 0.907. The summed E-state index contributed by atoms with van der Waals surface area (Å²) >= 11 is 6.15. The van der Waals surface area contributed by atoms with Crippen LogP contribution in [0.4, 0.5) is 0 Å². The number of hydrogen-bond acceptors (Lipinski definition) is 3. The number of methoxy groups -OCH3 is 1. The lowest BCUT2D eigenvalue weighted by Gasteiger charge is -2.38. The van der Waals surface area contributed by atoms with Gasteiger partial charge in [0.1, 0.15) is 5.75 Å². The van der Waals surface area contributed by atoms with Gasteiger partial charge >= 0.3 is 0 Å². The van der Waals surface area contributed by atoms with Crippen LogP contribution >= 0.6 is 11.6 Å². The van der Waals surface area contributed by atoms with Crippen molar-refractivity contribution in [2.75, 3.05) is 26.7 Å². The number of rotatable bonds is 4. The van der Waals surface area contributed by atoms with Crippen LogP contribution in [-0.4, -0.2) is 37.6 Å². The van der Waals surface area contributed by atoms with Gasteiger partial charge in [-0.1, -0.05) is 35.9 Å². The Morgan fingerprint density at radius 2 is 2.08 bits per heavy atom. The number of ether oxygens (including phenoxy) is 1. The Morgan fingerprint density at radius 1 is 1.28 bits per heavy atom. The molecule has 3 rings (SSSR count). The molecule has 0 spiro atoms. The zero-order chi connectivity index (χ0) is 17.8. The summed E-state index contributed by atoms with van der Waals surface area (Å²) in [5.41, 5.74) is 2.03. The largest absolute Gasteiger partial charge is 0.497 e. The van der Waals surface area contributed by atoms with Gasteiger partial charge in [0.15, 0.2) is 0 Å². The molecule has 2 aromatic carbocycles. The Balaban J connectivity index is 1.85. The predicted octanol–water partition coefficient (Wildman–Crippen LogP) is 3.63. The lowest BCUT2D eigenvalue weighted by Crippen LogP contribution is -2.49. The van der Waals surface area contributed by atoms with Gasteiger partial charge in [0, 0.05) is 24.7 Å². The van der Waals surface area contributed by atoms with Crippen molar-refractivity contribution in [3.05, 3.63) is 64.7 Å². The Labute approximate surface area is 153 Å². The number of carbonyl (C=O) groups is 1. The highest BCUT2D eigenvalue weighted by atomic mass is 35.5. The summed E-state index contributed by atoms with van der Waals surface area (Å²) in [4.78, 5) is 15.2. The molecule has 0 saturated carbocycles. The Morgan fingerprint density at radius 3 is 2.84 bits per heavy atom. The summed E-state index contributed by atoms with van der Waals surface area (Å²) in [6.45, 7) is 4.17. The van der Waals surface area contributed by atoms with Gasteiger partial charge in [-0.05, 0) is 42.3 Å². The molecule has 2 atom stereocenters. The molecule has 1 saturated heterocycles. The molecule has 1 amide bonds. The van der Waals surface area contributed by atoms with Gasteiger partial charge in [-0.25, -0.2) is 0 Å². The average molecular weight is 359 g/mol. The van der Waals surface area contributed by atoms with Crippen LogP contribution in [0.3, 0.4) is 0 Å². The lowest BCUT2D eigenvalue weighted by atomic mass is 9.96. The normalized spacial score (nSPS) is 18.7. The summed E-state index contributed by atoms with van der Waals surface area (Å²) in [6, 6.07) is 15.5. The standard InChI is InChI=1S/C20H23ClN2O2/c1-14(15-5-4-8-18(12-15)25-2)20(24)23-10-9-22-13-19(23)16-6-3-7-17(21)11-16/h3-8,11-12,14,19,22H,9-10,13H2,1-2H3. The van der Waals surface area contributed by atoms with Crippen LogP contribution in [0.25, 0.3) is 0 Å². The topological polar surface area (TPSA) is 41.6 Å². The lowest BCUT2D eigenvalue weighted by molar-refractivity contribution is -0.135. The fraction of sp³-hybridized carbons (Fsp3) is 0.350. The van der Waals surface area contributed by atoms with Crippen molar-refractivity contribution in [3.8, 4) is 5.75 Å². The van der Waals surface area contributed by atoms with E-state index in [0.29, 0.717) is 11.6 Å². The molecule has 132 valence electrons. The van der Waals surface area contributed by atoms with E-state index in [-0.39, 0.29) is 17.9 Å². The second-order valence-corrected chi connectivity index (χ2v) is 6.74. The Kier molecular flexibility index (Phi) is 5.61. The fourth-order valence-electron chi connectivity index (χ4n) is 3.28. The molecular weight excluding hydrogens is 336 g/mol. The van der Waals surface area contributed by atoms with E-state index in [9.17, 15) is 4.79 Å². The van der Waals surface area contributed by atoms with Crippen LogP contribution in [-0.2, 0) is 4.79 Å². The van der Waals surface area contributed by atoms with Gasteiger partial charge in [0.2, 0.25) is 5.91 Å². The highest BCUT2D eigenvalue weighted by molar-refractivity contribution is 6.30. The second kappa shape index (κ2) is 7.89. The molecular formula is C20H23ClN2O2. The van der Waals surface area contributed by atoms with Crippen LogP contribution < -0.4 is 10.1 Å². The minimum absolute atomic E-state index is 0.00647. The summed E-state index contributed by atoms with van der Waals surface area (Å²) in [5.74, 6) is 0.665. The van der Waals surface area contributed by atoms with Crippen molar-refractivity contribution in [2.45, 2.75) is 18.9 Å². The van der Waals surface area contributed by atoms with Crippen molar-refractivity contribution < 1.29 is 9.53 Å². The second-order valence-electron chi connectivity index (χ2n) is 6.30. The average Bonchev–Trinajstić information content (AvgIpc) is 2.67. The SMILES string of the molecule is COc1cccc(C(C)C(=O)N2CCNCC2c2cccc(Cl)c2)c1. The minimum atomic E-state index is -0.227. The molecule has 2 unspecified atom stereocenters. The maximum atomic E-state index is 13.2.